The van der Waals surface area contributed by atoms with Crippen LogP contribution in [0.15, 0.2) is 24.4 Å². The average molecular weight is 290 g/mol. The van der Waals surface area contributed by atoms with Crippen LogP contribution in [0.25, 0.3) is 6.08 Å². The number of aliphatic carboxylic acids is 1. The van der Waals surface area contributed by atoms with E-state index < -0.39 is 11.9 Å². The van der Waals surface area contributed by atoms with Gasteiger partial charge in [-0.25, -0.2) is 4.79 Å². The van der Waals surface area contributed by atoms with E-state index in [0.717, 1.165) is 11.1 Å². The molecule has 0 spiro atoms. The second-order valence-corrected chi connectivity index (χ2v) is 4.87. The number of nitrogens with one attached hydrogen (secondary N) is 1. The van der Waals surface area contributed by atoms with Gasteiger partial charge in [0.15, 0.2) is 0 Å². The number of amides is 1. The number of carboxylic acid groups (broad SMARTS) is 1. The van der Waals surface area contributed by atoms with Gasteiger partial charge in [-0.3, -0.25) is 15.1 Å². The minimum Gasteiger partial charge on any atom is -0.478 e. The van der Waals surface area contributed by atoms with Gasteiger partial charge in [-0.15, -0.1) is 10.2 Å². The zero-order valence-electron chi connectivity index (χ0n) is 10.4. The van der Waals surface area contributed by atoms with Gasteiger partial charge >= 0.3 is 5.97 Å². The number of nitrogens with zero attached hydrogens (tertiary/aromatic N) is 3. The number of carboxylic acids is 1. The van der Waals surface area contributed by atoms with Gasteiger partial charge in [-0.05, 0) is 19.1 Å². The molecular formula is C12H10N4O3S. The topological polar surface area (TPSA) is 105 Å². The molecule has 2 rings (SSSR count). The van der Waals surface area contributed by atoms with E-state index in [-0.39, 0.29) is 5.69 Å². The molecule has 2 N–H and O–H groups in total. The van der Waals surface area contributed by atoms with Crippen LogP contribution >= 0.6 is 11.3 Å². The summed E-state index contributed by atoms with van der Waals surface area (Å²) in [4.78, 5) is 26.6. The smallest absolute Gasteiger partial charge is 0.328 e. The van der Waals surface area contributed by atoms with Crippen LogP contribution in [0.1, 0.15) is 21.1 Å². The molecule has 0 fully saturated rings. The predicted octanol–water partition coefficient (Wildman–Crippen LogP) is 1.59. The number of rotatable bonds is 4. The van der Waals surface area contributed by atoms with E-state index >= 15 is 0 Å². The molecule has 0 unspecified atom stereocenters. The maximum atomic E-state index is 12.1. The highest BCUT2D eigenvalue weighted by Gasteiger charge is 2.13. The van der Waals surface area contributed by atoms with Crippen molar-refractivity contribution in [3.05, 3.63) is 40.7 Å². The Bertz CT molecular complexity index is 681. The number of hydrogen-bond acceptors (Lipinski definition) is 6. The number of carbonyl (C=O) groups excluding carboxylic acids is 1. The van der Waals surface area contributed by atoms with E-state index in [1.165, 1.54) is 23.6 Å². The largest absolute Gasteiger partial charge is 0.478 e. The number of carbonyl (C=O) groups is 2. The number of hydrogen-bond donors (Lipinski definition) is 2. The zero-order chi connectivity index (χ0) is 14.5. The Kier molecular flexibility index (Phi) is 4.16. The third-order valence-electron chi connectivity index (χ3n) is 2.21. The molecule has 0 saturated carbocycles. The summed E-state index contributed by atoms with van der Waals surface area (Å²) in [5.74, 6) is -1.56. The first-order chi connectivity index (χ1) is 9.56. The van der Waals surface area contributed by atoms with Crippen molar-refractivity contribution in [2.24, 2.45) is 0 Å². The summed E-state index contributed by atoms with van der Waals surface area (Å²) in [7, 11) is 0. The van der Waals surface area contributed by atoms with Gasteiger partial charge in [0.05, 0.1) is 0 Å². The van der Waals surface area contributed by atoms with Crippen molar-refractivity contribution in [1.29, 1.82) is 0 Å². The fourth-order valence-corrected chi connectivity index (χ4v) is 1.99. The number of pyridine rings is 1. The maximum Gasteiger partial charge on any atom is 0.328 e. The summed E-state index contributed by atoms with van der Waals surface area (Å²) < 4.78 is 0. The number of aromatic nitrogens is 3. The van der Waals surface area contributed by atoms with Crippen LogP contribution < -0.4 is 5.32 Å². The van der Waals surface area contributed by atoms with Crippen molar-refractivity contribution < 1.29 is 14.7 Å². The molecule has 0 aliphatic heterocycles. The Morgan fingerprint density at radius 3 is 2.85 bits per heavy atom. The Hall–Kier alpha value is -2.61. The van der Waals surface area contributed by atoms with Gasteiger partial charge in [0.2, 0.25) is 5.13 Å². The SMILES string of the molecule is Cc1nnc(NC(=O)c2ncccc2/C=C/C(=O)O)s1. The molecule has 0 bridgehead atoms. The zero-order valence-corrected chi connectivity index (χ0v) is 11.2. The lowest BCUT2D eigenvalue weighted by Crippen LogP contribution is -2.15. The molecule has 2 aromatic heterocycles. The van der Waals surface area contributed by atoms with Crippen LogP contribution in [0.5, 0.6) is 0 Å². The summed E-state index contributed by atoms with van der Waals surface area (Å²) in [5.41, 5.74) is 0.534. The molecule has 8 heteroatoms. The Balaban J connectivity index is 2.23. The van der Waals surface area contributed by atoms with Crippen LogP contribution in [0, 0.1) is 6.92 Å². The van der Waals surface area contributed by atoms with Crippen LogP contribution in [0.2, 0.25) is 0 Å². The number of aryl methyl sites for hydroxylation is 1. The molecule has 0 atom stereocenters. The molecule has 7 nitrogen and oxygen atoms in total. The number of anilines is 1. The highest BCUT2D eigenvalue weighted by molar-refractivity contribution is 7.15. The van der Waals surface area contributed by atoms with E-state index in [9.17, 15) is 9.59 Å². The van der Waals surface area contributed by atoms with Crippen molar-refractivity contribution in [1.82, 2.24) is 15.2 Å². The summed E-state index contributed by atoms with van der Waals surface area (Å²) in [6, 6.07) is 3.22. The van der Waals surface area contributed by atoms with Crippen LogP contribution in [0.4, 0.5) is 5.13 Å². The highest BCUT2D eigenvalue weighted by Crippen LogP contribution is 2.16. The molecule has 20 heavy (non-hydrogen) atoms. The average Bonchev–Trinajstić information content (AvgIpc) is 2.82. The lowest BCUT2D eigenvalue weighted by atomic mass is 10.1. The van der Waals surface area contributed by atoms with Crippen LogP contribution in [0.3, 0.4) is 0 Å². The van der Waals surface area contributed by atoms with Crippen LogP contribution in [-0.2, 0) is 4.79 Å². The summed E-state index contributed by atoms with van der Waals surface area (Å²) in [5, 5.41) is 19.9. The maximum absolute atomic E-state index is 12.1. The normalized spacial score (nSPS) is 10.7. The molecule has 2 aromatic rings. The summed E-state index contributed by atoms with van der Waals surface area (Å²) in [6.45, 7) is 1.77. The fraction of sp³-hybridized carbons (Fsp3) is 0.0833. The monoisotopic (exact) mass is 290 g/mol. The third kappa shape index (κ3) is 3.45. The molecule has 0 radical (unpaired) electrons. The van der Waals surface area contributed by atoms with E-state index in [1.54, 1.807) is 19.1 Å². The van der Waals surface area contributed by atoms with E-state index in [2.05, 4.69) is 20.5 Å². The standard InChI is InChI=1S/C12H10N4O3S/c1-7-15-16-12(20-7)14-11(19)10-8(3-2-6-13-10)4-5-9(17)18/h2-6H,1H3,(H,17,18)(H,14,16,19)/b5-4+. The first-order valence-electron chi connectivity index (χ1n) is 5.54. The minimum absolute atomic E-state index is 0.123. The fourth-order valence-electron chi connectivity index (χ4n) is 1.41. The quantitative estimate of drug-likeness (QED) is 0.828. The first-order valence-corrected chi connectivity index (χ1v) is 6.35. The van der Waals surface area contributed by atoms with Crippen molar-refractivity contribution >= 4 is 34.4 Å². The van der Waals surface area contributed by atoms with Crippen LogP contribution in [-0.4, -0.2) is 32.2 Å². The van der Waals surface area contributed by atoms with Gasteiger partial charge in [-0.1, -0.05) is 17.4 Å². The third-order valence-corrected chi connectivity index (χ3v) is 2.96. The minimum atomic E-state index is -1.10. The Morgan fingerprint density at radius 2 is 2.20 bits per heavy atom. The van der Waals surface area contributed by atoms with Crippen molar-refractivity contribution in [2.45, 2.75) is 6.92 Å². The second-order valence-electron chi connectivity index (χ2n) is 3.69. The van der Waals surface area contributed by atoms with Crippen molar-refractivity contribution in [2.75, 3.05) is 5.32 Å². The molecule has 0 aliphatic carbocycles. The molecule has 1 amide bonds. The van der Waals surface area contributed by atoms with E-state index in [4.69, 9.17) is 5.11 Å². The lowest BCUT2D eigenvalue weighted by molar-refractivity contribution is -0.131. The van der Waals surface area contributed by atoms with E-state index in [1.807, 2.05) is 0 Å². The van der Waals surface area contributed by atoms with Gasteiger partial charge in [0.25, 0.3) is 5.91 Å². The molecule has 2 heterocycles. The molecule has 0 saturated heterocycles. The van der Waals surface area contributed by atoms with Gasteiger partial charge in [0, 0.05) is 17.8 Å². The molecular weight excluding hydrogens is 280 g/mol. The van der Waals surface area contributed by atoms with Crippen molar-refractivity contribution in [3.63, 3.8) is 0 Å². The van der Waals surface area contributed by atoms with Gasteiger partial charge in [0.1, 0.15) is 10.7 Å². The highest BCUT2D eigenvalue weighted by atomic mass is 32.1. The molecule has 102 valence electrons. The summed E-state index contributed by atoms with van der Waals surface area (Å²) >= 11 is 1.24. The first kappa shape index (κ1) is 13.8. The molecule has 0 aliphatic rings. The van der Waals surface area contributed by atoms with E-state index in [0.29, 0.717) is 10.7 Å². The Labute approximate surface area is 118 Å². The Morgan fingerprint density at radius 1 is 1.40 bits per heavy atom. The van der Waals surface area contributed by atoms with Crippen molar-refractivity contribution in [3.8, 4) is 0 Å². The lowest BCUT2D eigenvalue weighted by Gasteiger charge is -2.03. The van der Waals surface area contributed by atoms with Gasteiger partial charge < -0.3 is 5.11 Å². The van der Waals surface area contributed by atoms with Gasteiger partial charge in [-0.2, -0.15) is 0 Å². The predicted molar refractivity (Wildman–Crippen MR) is 73.5 cm³/mol. The second kappa shape index (κ2) is 6.02. The summed E-state index contributed by atoms with van der Waals surface area (Å²) in [6.07, 6.45) is 3.72. The molecule has 0 aromatic carbocycles.